The highest BCUT2D eigenvalue weighted by Crippen LogP contribution is 2.32. The van der Waals surface area contributed by atoms with Gasteiger partial charge in [-0.3, -0.25) is 4.90 Å². The smallest absolute Gasteiger partial charge is 0.414 e. The van der Waals surface area contributed by atoms with Crippen LogP contribution in [0.4, 0.5) is 19.3 Å². The molecule has 9 nitrogen and oxygen atoms in total. The number of rotatable bonds is 5. The van der Waals surface area contributed by atoms with Crippen molar-refractivity contribution in [2.75, 3.05) is 23.0 Å². The van der Waals surface area contributed by atoms with E-state index in [0.717, 1.165) is 17.0 Å². The number of anilines is 1. The molecule has 0 N–H and O–H groups in total. The number of tetrazole rings is 1. The molecule has 0 bridgehead atoms. The molecule has 30 heavy (non-hydrogen) atoms. The molecule has 1 fully saturated rings. The zero-order valence-corrected chi connectivity index (χ0v) is 17.0. The van der Waals surface area contributed by atoms with E-state index in [-0.39, 0.29) is 48.1 Å². The number of aromatic nitrogens is 4. The zero-order valence-electron chi connectivity index (χ0n) is 15.4. The number of cyclic esters (lactones) is 1. The van der Waals surface area contributed by atoms with Crippen molar-refractivity contribution in [1.29, 1.82) is 0 Å². The molecule has 0 radical (unpaired) electrons. The van der Waals surface area contributed by atoms with Crippen LogP contribution in [0.1, 0.15) is 17.8 Å². The second kappa shape index (κ2) is 7.80. The van der Waals surface area contributed by atoms with Crippen LogP contribution < -0.4 is 4.90 Å². The van der Waals surface area contributed by atoms with Gasteiger partial charge in [-0.2, -0.15) is 4.80 Å². The van der Waals surface area contributed by atoms with Crippen LogP contribution in [0.15, 0.2) is 18.2 Å². The van der Waals surface area contributed by atoms with Crippen molar-refractivity contribution < 1.29 is 26.7 Å². The van der Waals surface area contributed by atoms with Gasteiger partial charge in [-0.25, -0.2) is 22.0 Å². The van der Waals surface area contributed by atoms with E-state index >= 15 is 0 Å². The number of hydrogen-bond donors (Lipinski definition) is 0. The summed E-state index contributed by atoms with van der Waals surface area (Å²) in [6.45, 7) is 0.134. The molecule has 2 aliphatic rings. The zero-order chi connectivity index (χ0) is 21.5. The molecule has 1 saturated heterocycles. The van der Waals surface area contributed by atoms with E-state index in [1.54, 1.807) is 0 Å². The van der Waals surface area contributed by atoms with Crippen LogP contribution in [0.5, 0.6) is 0 Å². The molecular weight excluding hydrogens is 440 g/mol. The highest BCUT2D eigenvalue weighted by molar-refractivity contribution is 7.91. The summed E-state index contributed by atoms with van der Waals surface area (Å²) in [6.07, 6.45) is -0.0657. The minimum Gasteiger partial charge on any atom is -0.442 e. The molecule has 1 amide bonds. The van der Waals surface area contributed by atoms with Crippen LogP contribution in [-0.2, 0) is 21.1 Å². The molecule has 4 rings (SSSR count). The summed E-state index contributed by atoms with van der Waals surface area (Å²) >= 11 is 4.71. The fraction of sp³-hybridized carbons (Fsp3) is 0.353. The van der Waals surface area contributed by atoms with Crippen LogP contribution >= 0.6 is 12.2 Å². The highest BCUT2D eigenvalue weighted by Gasteiger charge is 2.34. The predicted octanol–water partition coefficient (Wildman–Crippen LogP) is 1.53. The second-order valence-corrected chi connectivity index (χ2v) is 9.28. The molecule has 13 heteroatoms. The van der Waals surface area contributed by atoms with E-state index in [0.29, 0.717) is 5.57 Å². The fourth-order valence-electron chi connectivity index (χ4n) is 3.32. The van der Waals surface area contributed by atoms with Crippen molar-refractivity contribution in [2.24, 2.45) is 0 Å². The molecule has 3 heterocycles. The lowest BCUT2D eigenvalue weighted by molar-refractivity contribution is 0.126. The minimum atomic E-state index is -3.23. The van der Waals surface area contributed by atoms with Gasteiger partial charge in [0.2, 0.25) is 5.82 Å². The number of nitrogens with zero attached hydrogens (tertiary/aromatic N) is 5. The number of carbonyl (C=O) groups excluding carboxylic acids is 1. The Labute approximate surface area is 175 Å². The number of carbonyl (C=O) groups is 1. The maximum Gasteiger partial charge on any atom is 0.414 e. The van der Waals surface area contributed by atoms with Gasteiger partial charge in [-0.1, -0.05) is 18.3 Å². The Bertz CT molecular complexity index is 1140. The van der Waals surface area contributed by atoms with Crippen LogP contribution in [-0.4, -0.2) is 64.2 Å². The van der Waals surface area contributed by atoms with E-state index in [9.17, 15) is 22.0 Å². The highest BCUT2D eigenvalue weighted by atomic mass is 32.2. The van der Waals surface area contributed by atoms with E-state index in [4.69, 9.17) is 17.0 Å². The number of sulfone groups is 1. The number of thiocarbonyl (C=S) groups is 1. The predicted molar refractivity (Wildman–Crippen MR) is 106 cm³/mol. The summed E-state index contributed by atoms with van der Waals surface area (Å²) in [5.41, 5.74) is 0.00791. The first kappa shape index (κ1) is 20.5. The molecule has 0 aliphatic carbocycles. The lowest BCUT2D eigenvalue weighted by Crippen LogP contribution is -2.27. The monoisotopic (exact) mass is 455 g/mol. The third kappa shape index (κ3) is 4.07. The summed E-state index contributed by atoms with van der Waals surface area (Å²) in [6, 6.07) is 2.06. The van der Waals surface area contributed by atoms with Gasteiger partial charge in [0.15, 0.2) is 9.84 Å². The standard InChI is InChI=1S/C17H15F2N5O4S2/c18-13-5-11(6-14(19)16(13)10-1-3-30(26,27)4-2-10)23-7-12(28-17(23)25)8-24-21-15(9-29)20-22-24/h1,5-6,9,12H,2-4,7-8H2/t12-/m1/s1. The van der Waals surface area contributed by atoms with Crippen molar-refractivity contribution in [2.45, 2.75) is 19.1 Å². The van der Waals surface area contributed by atoms with Crippen molar-refractivity contribution in [1.82, 2.24) is 20.2 Å². The Morgan fingerprint density at radius 2 is 2.03 bits per heavy atom. The largest absolute Gasteiger partial charge is 0.442 e. The number of halogens is 2. The van der Waals surface area contributed by atoms with Crippen LogP contribution in [0.2, 0.25) is 0 Å². The average Bonchev–Trinajstić information content (AvgIpc) is 3.28. The van der Waals surface area contributed by atoms with E-state index < -0.39 is 33.7 Å². The quantitative estimate of drug-likeness (QED) is 0.625. The van der Waals surface area contributed by atoms with E-state index in [2.05, 4.69) is 15.4 Å². The van der Waals surface area contributed by atoms with Gasteiger partial charge in [0.1, 0.15) is 24.3 Å². The van der Waals surface area contributed by atoms with Gasteiger partial charge in [0.05, 0.1) is 23.7 Å². The summed E-state index contributed by atoms with van der Waals surface area (Å²) in [4.78, 5) is 14.5. The maximum atomic E-state index is 14.7. The van der Waals surface area contributed by atoms with Gasteiger partial charge in [0.25, 0.3) is 0 Å². The molecule has 2 aliphatic heterocycles. The number of hydrogen-bond acceptors (Lipinski definition) is 8. The van der Waals surface area contributed by atoms with E-state index in [1.165, 1.54) is 16.2 Å². The van der Waals surface area contributed by atoms with Crippen molar-refractivity contribution in [3.8, 4) is 0 Å². The van der Waals surface area contributed by atoms with Crippen LogP contribution in [0.3, 0.4) is 0 Å². The molecule has 2 aromatic rings. The lowest BCUT2D eigenvalue weighted by atomic mass is 10.0. The van der Waals surface area contributed by atoms with Crippen molar-refractivity contribution >= 4 is 44.8 Å². The molecule has 1 aromatic heterocycles. The van der Waals surface area contributed by atoms with Gasteiger partial charge in [-0.05, 0) is 29.3 Å². The van der Waals surface area contributed by atoms with Crippen LogP contribution in [0, 0.1) is 11.6 Å². The number of ether oxygens (including phenoxy) is 1. The number of allylic oxidation sites excluding steroid dienone is 1. The summed E-state index contributed by atoms with van der Waals surface area (Å²) in [5, 5.41) is 12.7. The average molecular weight is 455 g/mol. The molecular formula is C17H15F2N5O4S2. The molecule has 1 atom stereocenters. The Morgan fingerprint density at radius 1 is 1.30 bits per heavy atom. The molecule has 1 aromatic carbocycles. The molecule has 0 saturated carbocycles. The van der Waals surface area contributed by atoms with Crippen LogP contribution in [0.25, 0.3) is 5.57 Å². The SMILES string of the molecule is O=C1O[C@@H](Cn2nnc(C=S)n2)CN1c1cc(F)c(C2=CCS(=O)(=O)CC2)c(F)c1. The minimum absolute atomic E-state index is 0.00332. The third-order valence-electron chi connectivity index (χ3n) is 4.74. The Hall–Kier alpha value is -2.80. The summed E-state index contributed by atoms with van der Waals surface area (Å²) < 4.78 is 57.7. The van der Waals surface area contributed by atoms with Crippen molar-refractivity contribution in [3.63, 3.8) is 0 Å². The maximum absolute atomic E-state index is 14.7. The Morgan fingerprint density at radius 3 is 2.63 bits per heavy atom. The van der Waals surface area contributed by atoms with Gasteiger partial charge in [-0.15, -0.1) is 10.2 Å². The summed E-state index contributed by atoms with van der Waals surface area (Å²) in [7, 11) is -3.23. The fourth-order valence-corrected chi connectivity index (χ4v) is 4.56. The van der Waals surface area contributed by atoms with Crippen molar-refractivity contribution in [3.05, 3.63) is 41.2 Å². The first-order valence-corrected chi connectivity index (χ1v) is 11.1. The van der Waals surface area contributed by atoms with E-state index in [1.807, 2.05) is 0 Å². The van der Waals surface area contributed by atoms with Gasteiger partial charge < -0.3 is 4.74 Å². The number of amides is 1. The molecule has 0 spiro atoms. The Kier molecular flexibility index (Phi) is 5.32. The topological polar surface area (TPSA) is 107 Å². The third-order valence-corrected chi connectivity index (χ3v) is 6.45. The summed E-state index contributed by atoms with van der Waals surface area (Å²) in [5.74, 6) is -1.94. The lowest BCUT2D eigenvalue weighted by Gasteiger charge is -2.18. The second-order valence-electron chi connectivity index (χ2n) is 6.81. The normalized spacial score (nSPS) is 20.7. The molecule has 158 valence electrons. The first-order chi connectivity index (χ1) is 14.3. The number of benzene rings is 1. The first-order valence-electron chi connectivity index (χ1n) is 8.86. The van der Waals surface area contributed by atoms with Gasteiger partial charge >= 0.3 is 6.09 Å². The Balaban J connectivity index is 1.53. The van der Waals surface area contributed by atoms with Gasteiger partial charge in [0, 0.05) is 10.9 Å². The molecule has 0 unspecified atom stereocenters.